The molecule has 2 heterocycles. The second-order valence-electron chi connectivity index (χ2n) is 4.35. The molecule has 3 aromatic rings. The van der Waals surface area contributed by atoms with Crippen molar-refractivity contribution >= 4 is 28.6 Å². The van der Waals surface area contributed by atoms with E-state index >= 15 is 0 Å². The van der Waals surface area contributed by atoms with Crippen LogP contribution in [0.4, 0.5) is 5.69 Å². The molecule has 21 heavy (non-hydrogen) atoms. The van der Waals surface area contributed by atoms with Gasteiger partial charge in [-0.15, -0.1) is 0 Å². The van der Waals surface area contributed by atoms with Crippen molar-refractivity contribution in [1.29, 1.82) is 0 Å². The highest BCUT2D eigenvalue weighted by molar-refractivity contribution is 7.08. The highest BCUT2D eigenvalue weighted by Gasteiger charge is 2.09. The molecule has 108 valence electrons. The molecule has 0 unspecified atom stereocenters. The molecule has 5 nitrogen and oxygen atoms in total. The summed E-state index contributed by atoms with van der Waals surface area (Å²) < 4.78 is 5.21. The zero-order valence-corrected chi connectivity index (χ0v) is 12.5. The summed E-state index contributed by atoms with van der Waals surface area (Å²) in [5.41, 5.74) is 2.43. The summed E-state index contributed by atoms with van der Waals surface area (Å²) >= 11 is 7.67. The summed E-state index contributed by atoms with van der Waals surface area (Å²) in [6, 6.07) is 7.23. The Hall–Kier alpha value is -1.89. The SMILES string of the molecule is OCc1ccc(Cl)c(NCc2noc(-c3ccsc3)n2)c1. The third-order valence-electron chi connectivity index (χ3n) is 2.89. The van der Waals surface area contributed by atoms with E-state index in [4.69, 9.17) is 21.2 Å². The van der Waals surface area contributed by atoms with Gasteiger partial charge in [-0.05, 0) is 29.1 Å². The van der Waals surface area contributed by atoms with Crippen LogP contribution in [0.2, 0.25) is 5.02 Å². The fourth-order valence-corrected chi connectivity index (χ4v) is 2.62. The van der Waals surface area contributed by atoms with Crippen LogP contribution < -0.4 is 5.32 Å². The lowest BCUT2D eigenvalue weighted by molar-refractivity contribution is 0.282. The molecule has 0 bridgehead atoms. The summed E-state index contributed by atoms with van der Waals surface area (Å²) in [6.45, 7) is 0.360. The molecule has 2 aromatic heterocycles. The van der Waals surface area contributed by atoms with Crippen LogP contribution in [0.1, 0.15) is 11.4 Å². The number of halogens is 1. The van der Waals surface area contributed by atoms with E-state index in [9.17, 15) is 0 Å². The second kappa shape index (κ2) is 6.26. The third-order valence-corrected chi connectivity index (χ3v) is 3.90. The van der Waals surface area contributed by atoms with Crippen molar-refractivity contribution in [1.82, 2.24) is 10.1 Å². The van der Waals surface area contributed by atoms with Crippen molar-refractivity contribution < 1.29 is 9.63 Å². The second-order valence-corrected chi connectivity index (χ2v) is 5.54. The molecule has 0 aliphatic rings. The number of nitrogens with zero attached hydrogens (tertiary/aromatic N) is 2. The molecule has 0 aliphatic carbocycles. The molecule has 0 spiro atoms. The number of aliphatic hydroxyl groups excluding tert-OH is 1. The Balaban J connectivity index is 1.71. The average Bonchev–Trinajstić information content (AvgIpc) is 3.17. The third kappa shape index (κ3) is 3.24. The first kappa shape index (κ1) is 14.1. The van der Waals surface area contributed by atoms with E-state index in [1.165, 1.54) is 0 Å². The lowest BCUT2D eigenvalue weighted by Gasteiger charge is -2.07. The molecule has 0 saturated heterocycles. The first-order valence-corrected chi connectivity index (χ1v) is 7.56. The maximum absolute atomic E-state index is 9.14. The van der Waals surface area contributed by atoms with Gasteiger partial charge in [0.25, 0.3) is 5.89 Å². The number of hydrogen-bond donors (Lipinski definition) is 2. The molecule has 0 aliphatic heterocycles. The van der Waals surface area contributed by atoms with E-state index in [2.05, 4.69) is 15.5 Å². The minimum atomic E-state index is -0.0314. The lowest BCUT2D eigenvalue weighted by atomic mass is 10.2. The van der Waals surface area contributed by atoms with E-state index in [0.717, 1.165) is 16.8 Å². The summed E-state index contributed by atoms with van der Waals surface area (Å²) in [7, 11) is 0. The first-order valence-electron chi connectivity index (χ1n) is 6.24. The summed E-state index contributed by atoms with van der Waals surface area (Å²) in [5, 5.41) is 20.7. The monoisotopic (exact) mass is 321 g/mol. The molecule has 0 fully saturated rings. The van der Waals surface area contributed by atoms with Crippen LogP contribution in [0.3, 0.4) is 0 Å². The highest BCUT2D eigenvalue weighted by Crippen LogP contribution is 2.24. The largest absolute Gasteiger partial charge is 0.392 e. The predicted molar refractivity (Wildman–Crippen MR) is 82.3 cm³/mol. The molecular formula is C14H12ClN3O2S. The van der Waals surface area contributed by atoms with Gasteiger partial charge < -0.3 is 14.9 Å². The normalized spacial score (nSPS) is 10.8. The standard InChI is InChI=1S/C14H12ClN3O2S/c15-11-2-1-9(7-19)5-12(11)16-6-13-17-14(20-18-13)10-3-4-21-8-10/h1-5,8,16,19H,6-7H2. The molecule has 1 aromatic carbocycles. The number of thiophene rings is 1. The van der Waals surface area contributed by atoms with Crippen molar-refractivity contribution in [3.8, 4) is 11.5 Å². The van der Waals surface area contributed by atoms with Crippen LogP contribution in [-0.2, 0) is 13.2 Å². The summed E-state index contributed by atoms with van der Waals surface area (Å²) in [4.78, 5) is 4.31. The van der Waals surface area contributed by atoms with Gasteiger partial charge in [0.05, 0.1) is 29.4 Å². The molecule has 0 saturated carbocycles. The maximum Gasteiger partial charge on any atom is 0.258 e. The van der Waals surface area contributed by atoms with Gasteiger partial charge in [0.1, 0.15) is 0 Å². The Morgan fingerprint density at radius 3 is 3.00 bits per heavy atom. The van der Waals surface area contributed by atoms with Gasteiger partial charge in [-0.2, -0.15) is 16.3 Å². The van der Waals surface area contributed by atoms with Crippen LogP contribution in [0.25, 0.3) is 11.5 Å². The van der Waals surface area contributed by atoms with Crippen LogP contribution in [0, 0.1) is 0 Å². The zero-order chi connectivity index (χ0) is 14.7. The van der Waals surface area contributed by atoms with Gasteiger partial charge in [-0.3, -0.25) is 0 Å². The van der Waals surface area contributed by atoms with E-state index in [1.807, 2.05) is 16.8 Å². The minimum Gasteiger partial charge on any atom is -0.392 e. The predicted octanol–water partition coefficient (Wildman–Crippen LogP) is 3.56. The van der Waals surface area contributed by atoms with E-state index in [-0.39, 0.29) is 6.61 Å². The van der Waals surface area contributed by atoms with Crippen LogP contribution >= 0.6 is 22.9 Å². The Morgan fingerprint density at radius 1 is 1.33 bits per heavy atom. The Morgan fingerprint density at radius 2 is 2.24 bits per heavy atom. The van der Waals surface area contributed by atoms with Crippen molar-refractivity contribution in [3.63, 3.8) is 0 Å². The fourth-order valence-electron chi connectivity index (χ4n) is 1.81. The van der Waals surface area contributed by atoms with Crippen molar-refractivity contribution in [2.75, 3.05) is 5.32 Å². The van der Waals surface area contributed by atoms with E-state index in [0.29, 0.717) is 23.3 Å². The molecule has 0 radical (unpaired) electrons. The van der Waals surface area contributed by atoms with Gasteiger partial charge >= 0.3 is 0 Å². The fraction of sp³-hybridized carbons (Fsp3) is 0.143. The maximum atomic E-state index is 9.14. The summed E-state index contributed by atoms with van der Waals surface area (Å²) in [6.07, 6.45) is 0. The van der Waals surface area contributed by atoms with Crippen LogP contribution in [0.15, 0.2) is 39.5 Å². The number of nitrogens with one attached hydrogen (secondary N) is 1. The Kier molecular flexibility index (Phi) is 4.19. The van der Waals surface area contributed by atoms with Gasteiger partial charge in [0, 0.05) is 5.38 Å². The molecule has 7 heteroatoms. The first-order chi connectivity index (χ1) is 10.3. The minimum absolute atomic E-state index is 0.0314. The van der Waals surface area contributed by atoms with Gasteiger partial charge in [-0.25, -0.2) is 0 Å². The van der Waals surface area contributed by atoms with Gasteiger partial charge in [-0.1, -0.05) is 22.8 Å². The quantitative estimate of drug-likeness (QED) is 0.752. The van der Waals surface area contributed by atoms with Gasteiger partial charge in [0.2, 0.25) is 0 Å². The zero-order valence-electron chi connectivity index (χ0n) is 10.9. The number of aliphatic hydroxyl groups is 1. The van der Waals surface area contributed by atoms with Crippen LogP contribution in [-0.4, -0.2) is 15.2 Å². The molecule has 3 rings (SSSR count). The molecule has 0 amide bonds. The van der Waals surface area contributed by atoms with E-state index < -0.39 is 0 Å². The average molecular weight is 322 g/mol. The number of aromatic nitrogens is 2. The van der Waals surface area contributed by atoms with Crippen LogP contribution in [0.5, 0.6) is 0 Å². The molecule has 2 N–H and O–H groups in total. The smallest absolute Gasteiger partial charge is 0.258 e. The van der Waals surface area contributed by atoms with Crippen molar-refractivity contribution in [2.45, 2.75) is 13.2 Å². The molecular weight excluding hydrogens is 310 g/mol. The van der Waals surface area contributed by atoms with Gasteiger partial charge in [0.15, 0.2) is 5.82 Å². The molecule has 0 atom stereocenters. The Labute approximate surface area is 130 Å². The van der Waals surface area contributed by atoms with Crippen molar-refractivity contribution in [3.05, 3.63) is 51.4 Å². The van der Waals surface area contributed by atoms with E-state index in [1.54, 1.807) is 29.5 Å². The number of benzene rings is 1. The number of rotatable bonds is 5. The summed E-state index contributed by atoms with van der Waals surface area (Å²) in [5.74, 6) is 1.05. The topological polar surface area (TPSA) is 71.2 Å². The lowest BCUT2D eigenvalue weighted by Crippen LogP contribution is -2.02. The van der Waals surface area contributed by atoms with Crippen molar-refractivity contribution in [2.24, 2.45) is 0 Å². The number of anilines is 1. The highest BCUT2D eigenvalue weighted by atomic mass is 35.5. The Bertz CT molecular complexity index is 728. The number of hydrogen-bond acceptors (Lipinski definition) is 6.